The van der Waals surface area contributed by atoms with E-state index in [9.17, 15) is 4.79 Å². The fourth-order valence-corrected chi connectivity index (χ4v) is 3.97. The van der Waals surface area contributed by atoms with Crippen LogP contribution in [0.25, 0.3) is 10.9 Å². The fourth-order valence-electron chi connectivity index (χ4n) is 3.97. The van der Waals surface area contributed by atoms with Gasteiger partial charge in [0.15, 0.2) is 0 Å². The quantitative estimate of drug-likeness (QED) is 0.718. The molecule has 4 rings (SSSR count). The molecule has 5 heteroatoms. The van der Waals surface area contributed by atoms with Gasteiger partial charge in [0, 0.05) is 42.6 Å². The van der Waals surface area contributed by atoms with Gasteiger partial charge in [0.1, 0.15) is 0 Å². The van der Waals surface area contributed by atoms with Crippen LogP contribution in [0.3, 0.4) is 0 Å². The van der Waals surface area contributed by atoms with Crippen LogP contribution >= 0.6 is 0 Å². The summed E-state index contributed by atoms with van der Waals surface area (Å²) in [5.41, 5.74) is 2.34. The normalized spacial score (nSPS) is 17.5. The number of rotatable bonds is 5. The molecule has 5 nitrogen and oxygen atoms in total. The van der Waals surface area contributed by atoms with Gasteiger partial charge < -0.3 is 9.47 Å². The summed E-state index contributed by atoms with van der Waals surface area (Å²) in [6.07, 6.45) is 8.51. The number of hydrogen-bond acceptors (Lipinski definition) is 2. The summed E-state index contributed by atoms with van der Waals surface area (Å²) < 4.78 is 4.16. The zero-order valence-corrected chi connectivity index (χ0v) is 14.6. The highest BCUT2D eigenvalue weighted by Crippen LogP contribution is 2.25. The molecule has 0 aliphatic carbocycles. The molecule has 130 valence electrons. The lowest BCUT2D eigenvalue weighted by Gasteiger charge is -2.24. The van der Waals surface area contributed by atoms with Gasteiger partial charge in [-0.3, -0.25) is 9.48 Å². The van der Waals surface area contributed by atoms with Gasteiger partial charge in [0.2, 0.25) is 5.91 Å². The summed E-state index contributed by atoms with van der Waals surface area (Å²) in [7, 11) is 0. The molecule has 1 aliphatic rings. The van der Waals surface area contributed by atoms with Crippen molar-refractivity contribution in [3.05, 3.63) is 54.5 Å². The van der Waals surface area contributed by atoms with Gasteiger partial charge >= 0.3 is 0 Å². The Morgan fingerprint density at radius 3 is 2.96 bits per heavy atom. The molecule has 1 amide bonds. The van der Waals surface area contributed by atoms with Crippen LogP contribution in [0.15, 0.2) is 48.9 Å². The molecule has 3 aromatic rings. The van der Waals surface area contributed by atoms with Gasteiger partial charge in [-0.15, -0.1) is 0 Å². The SMILES string of the molecule is CCn1cc(CC(=O)N2CCC[C@H]2Cn2cccn2)c2ccccc21. The van der Waals surface area contributed by atoms with Crippen molar-refractivity contribution < 1.29 is 4.79 Å². The average molecular weight is 336 g/mol. The van der Waals surface area contributed by atoms with E-state index in [1.807, 2.05) is 23.0 Å². The molecule has 1 atom stereocenters. The number of aryl methyl sites for hydroxylation is 1. The van der Waals surface area contributed by atoms with Crippen molar-refractivity contribution in [1.29, 1.82) is 0 Å². The third-order valence-electron chi connectivity index (χ3n) is 5.21. The third-order valence-corrected chi connectivity index (χ3v) is 5.21. The molecule has 0 N–H and O–H groups in total. The Morgan fingerprint density at radius 2 is 2.16 bits per heavy atom. The number of amides is 1. The van der Waals surface area contributed by atoms with Crippen LogP contribution in [0.4, 0.5) is 0 Å². The van der Waals surface area contributed by atoms with Crippen molar-refractivity contribution in [2.75, 3.05) is 6.54 Å². The van der Waals surface area contributed by atoms with E-state index < -0.39 is 0 Å². The maximum Gasteiger partial charge on any atom is 0.227 e. The van der Waals surface area contributed by atoms with E-state index in [-0.39, 0.29) is 11.9 Å². The minimum absolute atomic E-state index is 0.230. The first-order valence-corrected chi connectivity index (χ1v) is 9.10. The van der Waals surface area contributed by atoms with Crippen molar-refractivity contribution >= 4 is 16.8 Å². The predicted molar refractivity (Wildman–Crippen MR) is 98.3 cm³/mol. The molecule has 3 heterocycles. The van der Waals surface area contributed by atoms with E-state index in [1.165, 1.54) is 10.9 Å². The van der Waals surface area contributed by atoms with E-state index in [0.717, 1.165) is 38.0 Å². The first-order chi connectivity index (χ1) is 12.3. The third kappa shape index (κ3) is 3.06. The molecule has 25 heavy (non-hydrogen) atoms. The number of carbonyl (C=O) groups is 1. The van der Waals surface area contributed by atoms with Gasteiger partial charge in [0.05, 0.1) is 19.0 Å². The van der Waals surface area contributed by atoms with Gasteiger partial charge in [-0.05, 0) is 37.5 Å². The summed E-state index contributed by atoms with van der Waals surface area (Å²) in [6, 6.07) is 10.5. The number of likely N-dealkylation sites (tertiary alicyclic amines) is 1. The number of benzene rings is 1. The number of nitrogens with zero attached hydrogens (tertiary/aromatic N) is 4. The molecule has 0 spiro atoms. The molecule has 1 aromatic carbocycles. The predicted octanol–water partition coefficient (Wildman–Crippen LogP) is 3.09. The topological polar surface area (TPSA) is 43.1 Å². The lowest BCUT2D eigenvalue weighted by molar-refractivity contribution is -0.131. The van der Waals surface area contributed by atoms with Crippen LogP contribution in [0, 0.1) is 0 Å². The van der Waals surface area contributed by atoms with Crippen LogP contribution in [-0.2, 0) is 24.3 Å². The van der Waals surface area contributed by atoms with E-state index in [1.54, 1.807) is 6.20 Å². The molecular weight excluding hydrogens is 312 g/mol. The number of carbonyl (C=O) groups excluding carboxylic acids is 1. The second kappa shape index (κ2) is 6.75. The Kier molecular flexibility index (Phi) is 4.30. The number of para-hydroxylation sites is 1. The van der Waals surface area contributed by atoms with Crippen LogP contribution in [-0.4, -0.2) is 37.7 Å². The summed E-state index contributed by atoms with van der Waals surface area (Å²) in [5.74, 6) is 0.230. The van der Waals surface area contributed by atoms with Gasteiger partial charge in [-0.2, -0.15) is 5.10 Å². The molecular formula is C20H24N4O. The lowest BCUT2D eigenvalue weighted by Crippen LogP contribution is -2.39. The second-order valence-corrected chi connectivity index (χ2v) is 6.75. The Bertz CT molecular complexity index is 865. The van der Waals surface area contributed by atoms with Gasteiger partial charge in [-0.1, -0.05) is 18.2 Å². The molecule has 1 aliphatic heterocycles. The van der Waals surface area contributed by atoms with Crippen LogP contribution < -0.4 is 0 Å². The van der Waals surface area contributed by atoms with Crippen LogP contribution in [0.1, 0.15) is 25.3 Å². The van der Waals surface area contributed by atoms with Crippen molar-refractivity contribution in [3.8, 4) is 0 Å². The molecule has 0 bridgehead atoms. The number of aromatic nitrogens is 3. The molecule has 2 aromatic heterocycles. The van der Waals surface area contributed by atoms with Crippen molar-refractivity contribution in [3.63, 3.8) is 0 Å². The first kappa shape index (κ1) is 15.9. The van der Waals surface area contributed by atoms with Gasteiger partial charge in [-0.25, -0.2) is 0 Å². The maximum atomic E-state index is 13.0. The molecule has 1 saturated heterocycles. The number of hydrogen-bond donors (Lipinski definition) is 0. The molecule has 1 fully saturated rings. The smallest absolute Gasteiger partial charge is 0.227 e. The standard InChI is InChI=1S/C20H24N4O/c1-2-22-14-16(18-8-3-4-9-19(18)22)13-20(25)24-12-5-7-17(24)15-23-11-6-10-21-23/h3-4,6,8-11,14,17H,2,5,7,12-13,15H2,1H3/t17-/m0/s1. The second-order valence-electron chi connectivity index (χ2n) is 6.75. The fraction of sp³-hybridized carbons (Fsp3) is 0.400. The largest absolute Gasteiger partial charge is 0.347 e. The Labute approximate surface area is 147 Å². The Morgan fingerprint density at radius 1 is 1.28 bits per heavy atom. The zero-order chi connectivity index (χ0) is 17.2. The Hall–Kier alpha value is -2.56. The zero-order valence-electron chi connectivity index (χ0n) is 14.6. The summed E-state index contributed by atoms with van der Waals surface area (Å²) >= 11 is 0. The number of fused-ring (bicyclic) bond motifs is 1. The van der Waals surface area contributed by atoms with Crippen LogP contribution in [0.2, 0.25) is 0 Å². The van der Waals surface area contributed by atoms with Crippen molar-refractivity contribution in [2.45, 2.75) is 45.3 Å². The Balaban J connectivity index is 1.53. The van der Waals surface area contributed by atoms with E-state index >= 15 is 0 Å². The minimum atomic E-state index is 0.230. The maximum absolute atomic E-state index is 13.0. The van der Waals surface area contributed by atoms with Crippen LogP contribution in [0.5, 0.6) is 0 Å². The summed E-state index contributed by atoms with van der Waals surface area (Å²) in [5, 5.41) is 5.48. The first-order valence-electron chi connectivity index (χ1n) is 9.10. The monoisotopic (exact) mass is 336 g/mol. The molecule has 0 radical (unpaired) electrons. The average Bonchev–Trinajstić information content (AvgIpc) is 3.36. The minimum Gasteiger partial charge on any atom is -0.347 e. The highest BCUT2D eigenvalue weighted by Gasteiger charge is 2.29. The highest BCUT2D eigenvalue weighted by molar-refractivity contribution is 5.89. The van der Waals surface area contributed by atoms with Gasteiger partial charge in [0.25, 0.3) is 0 Å². The lowest BCUT2D eigenvalue weighted by atomic mass is 10.1. The summed E-state index contributed by atoms with van der Waals surface area (Å²) in [6.45, 7) is 4.70. The van der Waals surface area contributed by atoms with E-state index in [0.29, 0.717) is 6.42 Å². The summed E-state index contributed by atoms with van der Waals surface area (Å²) in [4.78, 5) is 15.0. The van der Waals surface area contributed by atoms with E-state index in [2.05, 4.69) is 45.9 Å². The van der Waals surface area contributed by atoms with Crippen molar-refractivity contribution in [2.24, 2.45) is 0 Å². The molecule has 0 unspecified atom stereocenters. The highest BCUT2D eigenvalue weighted by atomic mass is 16.2. The van der Waals surface area contributed by atoms with E-state index in [4.69, 9.17) is 0 Å². The molecule has 0 saturated carbocycles. The van der Waals surface area contributed by atoms with Crippen molar-refractivity contribution in [1.82, 2.24) is 19.2 Å².